The largest absolute Gasteiger partial charge is 0.399 e. The summed E-state index contributed by atoms with van der Waals surface area (Å²) in [7, 11) is 0.444. The molecule has 7 heteroatoms. The summed E-state index contributed by atoms with van der Waals surface area (Å²) in [5, 5.41) is 2.80. The Kier molecular flexibility index (Phi) is 5.01. The Hall–Kier alpha value is -1.60. The number of anilines is 1. The number of nitrogens with zero attached hydrogens (tertiary/aromatic N) is 1. The maximum Gasteiger partial charge on any atom is 0.251 e. The van der Waals surface area contributed by atoms with Crippen LogP contribution in [0, 0.1) is 0 Å². The van der Waals surface area contributed by atoms with Crippen LogP contribution in [-0.4, -0.2) is 51.7 Å². The second-order valence-corrected chi connectivity index (χ2v) is 7.97. The number of carbonyl (C=O) groups is 1. The third-order valence-corrected chi connectivity index (χ3v) is 4.60. The molecule has 0 aliphatic heterocycles. The molecule has 3 N–H and O–H groups in total. The molecule has 0 aromatic heterocycles. The molecule has 0 unspecified atom stereocenters. The van der Waals surface area contributed by atoms with Crippen molar-refractivity contribution in [2.75, 3.05) is 32.6 Å². The predicted molar refractivity (Wildman–Crippen MR) is 84.1 cm³/mol. The molecule has 0 fully saturated rings. The van der Waals surface area contributed by atoms with E-state index in [1.54, 1.807) is 0 Å². The lowest BCUT2D eigenvalue weighted by Gasteiger charge is -2.32. The highest BCUT2D eigenvalue weighted by molar-refractivity contribution is 7.90. The van der Waals surface area contributed by atoms with Gasteiger partial charge in [-0.05, 0) is 46.1 Å². The van der Waals surface area contributed by atoms with Gasteiger partial charge in [-0.1, -0.05) is 0 Å². The topological polar surface area (TPSA) is 92.5 Å². The molecular weight excluding hydrogens is 290 g/mol. The fraction of sp³-hybridized carbons (Fsp3) is 0.500. The number of nitrogen functional groups attached to an aromatic ring is 1. The second kappa shape index (κ2) is 6.03. The van der Waals surface area contributed by atoms with Crippen LogP contribution in [0.15, 0.2) is 23.1 Å². The molecule has 0 bridgehead atoms. The molecule has 0 heterocycles. The van der Waals surface area contributed by atoms with Gasteiger partial charge in [0.1, 0.15) is 0 Å². The van der Waals surface area contributed by atoms with Crippen LogP contribution in [0.1, 0.15) is 24.2 Å². The maximum atomic E-state index is 12.2. The van der Waals surface area contributed by atoms with Gasteiger partial charge in [-0.2, -0.15) is 0 Å². The van der Waals surface area contributed by atoms with Crippen LogP contribution in [0.5, 0.6) is 0 Å². The summed E-state index contributed by atoms with van der Waals surface area (Å²) in [6.45, 7) is 4.42. The number of carbonyl (C=O) groups excluding carboxylic acids is 1. The second-order valence-electron chi connectivity index (χ2n) is 5.95. The first-order chi connectivity index (χ1) is 9.43. The van der Waals surface area contributed by atoms with Crippen LogP contribution in [0.25, 0.3) is 0 Å². The zero-order chi connectivity index (χ0) is 16.4. The van der Waals surface area contributed by atoms with Crippen molar-refractivity contribution < 1.29 is 13.2 Å². The van der Waals surface area contributed by atoms with E-state index in [0.717, 1.165) is 6.26 Å². The van der Waals surface area contributed by atoms with E-state index in [9.17, 15) is 13.2 Å². The Labute approximate surface area is 126 Å². The van der Waals surface area contributed by atoms with Crippen molar-refractivity contribution in [1.29, 1.82) is 0 Å². The molecule has 0 aliphatic carbocycles. The Morgan fingerprint density at radius 3 is 2.33 bits per heavy atom. The molecular formula is C14H23N3O3S. The fourth-order valence-electron chi connectivity index (χ4n) is 1.52. The van der Waals surface area contributed by atoms with Crippen molar-refractivity contribution in [3.8, 4) is 0 Å². The summed E-state index contributed by atoms with van der Waals surface area (Å²) in [5.74, 6) is -0.345. The lowest BCUT2D eigenvalue weighted by Crippen LogP contribution is -2.48. The summed E-state index contributed by atoms with van der Waals surface area (Å²) >= 11 is 0. The predicted octanol–water partition coefficient (Wildman–Crippen LogP) is 0.742. The zero-order valence-corrected chi connectivity index (χ0v) is 13.9. The van der Waals surface area contributed by atoms with Crippen LogP contribution in [0.3, 0.4) is 0 Å². The smallest absolute Gasteiger partial charge is 0.251 e. The molecule has 6 nitrogen and oxygen atoms in total. The molecule has 0 atom stereocenters. The molecule has 1 amide bonds. The van der Waals surface area contributed by atoms with Gasteiger partial charge in [0, 0.05) is 29.6 Å². The standard InChI is InChI=1S/C14H23N3O3S/c1-14(2,17(3)4)9-16-13(18)10-6-11(15)8-12(7-10)21(5,19)20/h6-8H,9,15H2,1-5H3,(H,16,18). The van der Waals surface area contributed by atoms with Crippen LogP contribution >= 0.6 is 0 Å². The minimum Gasteiger partial charge on any atom is -0.399 e. The van der Waals surface area contributed by atoms with Gasteiger partial charge in [0.25, 0.3) is 5.91 Å². The van der Waals surface area contributed by atoms with Crippen LogP contribution in [0.4, 0.5) is 5.69 Å². The molecule has 1 rings (SSSR count). The molecule has 0 spiro atoms. The molecule has 0 aliphatic rings. The third kappa shape index (κ3) is 4.71. The van der Waals surface area contributed by atoms with E-state index < -0.39 is 9.84 Å². The van der Waals surface area contributed by atoms with E-state index in [0.29, 0.717) is 6.54 Å². The SMILES string of the molecule is CN(C)C(C)(C)CNC(=O)c1cc(N)cc(S(C)(=O)=O)c1. The number of benzene rings is 1. The maximum absolute atomic E-state index is 12.2. The van der Waals surface area contributed by atoms with E-state index >= 15 is 0 Å². The minimum absolute atomic E-state index is 0.0412. The Bertz CT molecular complexity index is 637. The van der Waals surface area contributed by atoms with Gasteiger partial charge >= 0.3 is 0 Å². The monoisotopic (exact) mass is 313 g/mol. The number of nitrogens with two attached hydrogens (primary N) is 1. The minimum atomic E-state index is -3.41. The Morgan fingerprint density at radius 2 is 1.86 bits per heavy atom. The number of rotatable bonds is 5. The van der Waals surface area contributed by atoms with Gasteiger partial charge < -0.3 is 16.0 Å². The van der Waals surface area contributed by atoms with Crippen LogP contribution in [-0.2, 0) is 9.84 Å². The number of nitrogens with one attached hydrogen (secondary N) is 1. The van der Waals surface area contributed by atoms with E-state index in [-0.39, 0.29) is 27.6 Å². The van der Waals surface area contributed by atoms with Gasteiger partial charge in [0.2, 0.25) is 0 Å². The lowest BCUT2D eigenvalue weighted by atomic mass is 10.0. The van der Waals surface area contributed by atoms with E-state index in [2.05, 4.69) is 5.32 Å². The summed E-state index contributed by atoms with van der Waals surface area (Å²) in [6, 6.07) is 4.15. The zero-order valence-electron chi connectivity index (χ0n) is 13.1. The van der Waals surface area contributed by atoms with Crippen LogP contribution < -0.4 is 11.1 Å². The lowest BCUT2D eigenvalue weighted by molar-refractivity contribution is 0.0919. The molecule has 1 aromatic carbocycles. The van der Waals surface area contributed by atoms with Crippen molar-refractivity contribution >= 4 is 21.4 Å². The van der Waals surface area contributed by atoms with E-state index in [1.807, 2.05) is 32.8 Å². The summed E-state index contributed by atoms with van der Waals surface area (Å²) in [4.78, 5) is 14.2. The molecule has 0 radical (unpaired) electrons. The van der Waals surface area contributed by atoms with Gasteiger partial charge in [-0.3, -0.25) is 4.79 Å². The van der Waals surface area contributed by atoms with E-state index in [4.69, 9.17) is 5.73 Å². The summed E-state index contributed by atoms with van der Waals surface area (Å²) in [5.41, 5.74) is 5.94. The first-order valence-electron chi connectivity index (χ1n) is 6.50. The van der Waals surface area contributed by atoms with E-state index in [1.165, 1.54) is 18.2 Å². The number of hydrogen-bond donors (Lipinski definition) is 2. The normalized spacial score (nSPS) is 12.5. The number of hydrogen-bond acceptors (Lipinski definition) is 5. The van der Waals surface area contributed by atoms with Gasteiger partial charge in [-0.15, -0.1) is 0 Å². The highest BCUT2D eigenvalue weighted by Crippen LogP contribution is 2.17. The Morgan fingerprint density at radius 1 is 1.29 bits per heavy atom. The highest BCUT2D eigenvalue weighted by Gasteiger charge is 2.22. The molecule has 118 valence electrons. The summed E-state index contributed by atoms with van der Waals surface area (Å²) < 4.78 is 23.1. The average molecular weight is 313 g/mol. The fourth-order valence-corrected chi connectivity index (χ4v) is 2.22. The molecule has 1 aromatic rings. The van der Waals surface area contributed by atoms with Gasteiger partial charge in [0.15, 0.2) is 9.84 Å². The molecule has 0 saturated heterocycles. The number of sulfone groups is 1. The Balaban J connectivity index is 2.97. The van der Waals surface area contributed by atoms with Crippen molar-refractivity contribution in [2.24, 2.45) is 0 Å². The van der Waals surface area contributed by atoms with Crippen molar-refractivity contribution in [3.05, 3.63) is 23.8 Å². The third-order valence-electron chi connectivity index (χ3n) is 3.51. The molecule has 21 heavy (non-hydrogen) atoms. The van der Waals surface area contributed by atoms with Crippen molar-refractivity contribution in [2.45, 2.75) is 24.3 Å². The first kappa shape index (κ1) is 17.5. The highest BCUT2D eigenvalue weighted by atomic mass is 32.2. The summed E-state index contributed by atoms with van der Waals surface area (Å²) in [6.07, 6.45) is 1.08. The number of amides is 1. The average Bonchev–Trinajstić information content (AvgIpc) is 2.34. The van der Waals surface area contributed by atoms with Crippen molar-refractivity contribution in [3.63, 3.8) is 0 Å². The first-order valence-corrected chi connectivity index (χ1v) is 8.39. The van der Waals surface area contributed by atoms with Gasteiger partial charge in [0.05, 0.1) is 4.90 Å². The van der Waals surface area contributed by atoms with Gasteiger partial charge in [-0.25, -0.2) is 8.42 Å². The molecule has 0 saturated carbocycles. The number of likely N-dealkylation sites (N-methyl/N-ethyl adjacent to an activating group) is 1. The van der Waals surface area contributed by atoms with Crippen molar-refractivity contribution in [1.82, 2.24) is 10.2 Å². The van der Waals surface area contributed by atoms with Crippen LogP contribution in [0.2, 0.25) is 0 Å². The quantitative estimate of drug-likeness (QED) is 0.782.